The smallest absolute Gasteiger partial charge is 0.390 e. The number of hydrogen-bond donors (Lipinski definition) is 2. The Kier molecular flexibility index (Phi) is 3.89. The number of nitrogens with zero attached hydrogens (tertiary/aromatic N) is 4. The number of aliphatic hydroxyl groups excluding tert-OH is 1. The van der Waals surface area contributed by atoms with Crippen molar-refractivity contribution in [2.24, 2.45) is 0 Å². The predicted octanol–water partition coefficient (Wildman–Crippen LogP) is 0.225. The first kappa shape index (κ1) is 14.7. The fourth-order valence-electron chi connectivity index (χ4n) is 2.53. The van der Waals surface area contributed by atoms with E-state index in [4.69, 9.17) is 0 Å². The highest BCUT2D eigenvalue weighted by Gasteiger charge is 2.39. The maximum Gasteiger partial charge on any atom is 0.451 e. The van der Waals surface area contributed by atoms with Gasteiger partial charge in [0, 0.05) is 32.2 Å². The van der Waals surface area contributed by atoms with Crippen LogP contribution in [0.5, 0.6) is 0 Å². The van der Waals surface area contributed by atoms with E-state index in [1.165, 1.54) is 0 Å². The average molecular weight is 305 g/mol. The van der Waals surface area contributed by atoms with Crippen molar-refractivity contribution >= 4 is 0 Å². The molecule has 1 aliphatic carbocycles. The molecule has 1 aromatic rings. The highest BCUT2D eigenvalue weighted by atomic mass is 19.4. The number of aromatic nitrogens is 3. The summed E-state index contributed by atoms with van der Waals surface area (Å²) in [6, 6.07) is 0.526. The van der Waals surface area contributed by atoms with Crippen LogP contribution < -0.4 is 5.32 Å². The zero-order chi connectivity index (χ0) is 15.0. The predicted molar refractivity (Wildman–Crippen MR) is 67.3 cm³/mol. The molecule has 1 aliphatic heterocycles. The van der Waals surface area contributed by atoms with Crippen LogP contribution in [0.1, 0.15) is 24.5 Å². The summed E-state index contributed by atoms with van der Waals surface area (Å²) >= 11 is 0. The Hall–Kier alpha value is -1.19. The van der Waals surface area contributed by atoms with E-state index in [0.29, 0.717) is 31.5 Å². The number of fused-ring (bicyclic) bond motifs is 1. The van der Waals surface area contributed by atoms with Crippen molar-refractivity contribution < 1.29 is 18.3 Å². The van der Waals surface area contributed by atoms with Crippen molar-refractivity contribution in [1.29, 1.82) is 0 Å². The number of rotatable bonds is 5. The molecule has 2 N–H and O–H groups in total. The van der Waals surface area contributed by atoms with Gasteiger partial charge in [-0.2, -0.15) is 13.2 Å². The number of alkyl halides is 3. The number of hydrogen-bond acceptors (Lipinski definition) is 5. The van der Waals surface area contributed by atoms with Crippen LogP contribution >= 0.6 is 0 Å². The molecular weight excluding hydrogens is 287 g/mol. The van der Waals surface area contributed by atoms with Gasteiger partial charge in [-0.3, -0.25) is 4.90 Å². The van der Waals surface area contributed by atoms with Crippen LogP contribution in [-0.2, 0) is 19.3 Å². The van der Waals surface area contributed by atoms with E-state index >= 15 is 0 Å². The van der Waals surface area contributed by atoms with E-state index in [0.717, 1.165) is 17.4 Å². The lowest BCUT2D eigenvalue weighted by atomic mass is 10.2. The molecule has 0 spiro atoms. The largest absolute Gasteiger partial charge is 0.451 e. The molecule has 0 saturated heterocycles. The molecule has 1 aromatic heterocycles. The summed E-state index contributed by atoms with van der Waals surface area (Å²) in [6.45, 7) is 1.87. The first-order valence-corrected chi connectivity index (χ1v) is 7.06. The summed E-state index contributed by atoms with van der Waals surface area (Å²) in [7, 11) is 0. The SMILES string of the molecule is OC(CNC1CC1)CN1CCn2c(nnc2C(F)(F)F)C1. The van der Waals surface area contributed by atoms with Crippen LogP contribution in [0.2, 0.25) is 0 Å². The Labute approximate surface area is 119 Å². The highest BCUT2D eigenvalue weighted by molar-refractivity contribution is 5.02. The van der Waals surface area contributed by atoms with Crippen molar-refractivity contribution in [1.82, 2.24) is 25.0 Å². The molecule has 9 heteroatoms. The number of aliphatic hydroxyl groups is 1. The fourth-order valence-corrected chi connectivity index (χ4v) is 2.53. The molecule has 1 fully saturated rings. The quantitative estimate of drug-likeness (QED) is 0.815. The zero-order valence-electron chi connectivity index (χ0n) is 11.5. The molecular formula is C12H18F3N5O. The van der Waals surface area contributed by atoms with Crippen molar-refractivity contribution in [3.63, 3.8) is 0 Å². The first-order chi connectivity index (χ1) is 9.93. The molecule has 0 radical (unpaired) electrons. The molecule has 21 heavy (non-hydrogen) atoms. The van der Waals surface area contributed by atoms with Crippen molar-refractivity contribution in [3.8, 4) is 0 Å². The maximum atomic E-state index is 12.7. The Morgan fingerprint density at radius 3 is 2.71 bits per heavy atom. The van der Waals surface area contributed by atoms with Gasteiger partial charge < -0.3 is 15.0 Å². The lowest BCUT2D eigenvalue weighted by Crippen LogP contribution is -2.42. The second-order valence-electron chi connectivity index (χ2n) is 5.66. The molecule has 2 heterocycles. The van der Waals surface area contributed by atoms with Crippen LogP contribution in [0.25, 0.3) is 0 Å². The number of β-amino-alcohol motifs (C(OH)–C–C–N with tert-alkyl or cyclic N) is 1. The summed E-state index contributed by atoms with van der Waals surface area (Å²) < 4.78 is 39.3. The Bertz CT molecular complexity index is 500. The van der Waals surface area contributed by atoms with Crippen LogP contribution in [0, 0.1) is 0 Å². The minimum absolute atomic E-state index is 0.194. The number of halogens is 3. The highest BCUT2D eigenvalue weighted by Crippen LogP contribution is 2.29. The van der Waals surface area contributed by atoms with E-state index in [2.05, 4.69) is 15.5 Å². The van der Waals surface area contributed by atoms with Crippen LogP contribution in [-0.4, -0.2) is 56.6 Å². The molecule has 1 saturated carbocycles. The Morgan fingerprint density at radius 1 is 1.29 bits per heavy atom. The monoisotopic (exact) mass is 305 g/mol. The molecule has 0 bridgehead atoms. The average Bonchev–Trinajstić information content (AvgIpc) is 3.13. The molecule has 2 aliphatic rings. The zero-order valence-corrected chi connectivity index (χ0v) is 11.5. The summed E-state index contributed by atoms with van der Waals surface area (Å²) in [6.07, 6.45) is -2.69. The molecule has 0 aromatic carbocycles. The van der Waals surface area contributed by atoms with Gasteiger partial charge in [-0.1, -0.05) is 0 Å². The maximum absolute atomic E-state index is 12.7. The minimum atomic E-state index is -4.47. The van der Waals surface area contributed by atoms with E-state index in [9.17, 15) is 18.3 Å². The first-order valence-electron chi connectivity index (χ1n) is 7.06. The summed E-state index contributed by atoms with van der Waals surface area (Å²) in [5, 5.41) is 20.0. The van der Waals surface area contributed by atoms with E-state index in [1.54, 1.807) is 0 Å². The lowest BCUT2D eigenvalue weighted by molar-refractivity contribution is -0.148. The molecule has 1 atom stereocenters. The molecule has 0 amide bonds. The third-order valence-corrected chi connectivity index (χ3v) is 3.77. The van der Waals surface area contributed by atoms with Gasteiger partial charge >= 0.3 is 6.18 Å². The van der Waals surface area contributed by atoms with Gasteiger partial charge in [0.2, 0.25) is 5.82 Å². The van der Waals surface area contributed by atoms with Crippen LogP contribution in [0.4, 0.5) is 13.2 Å². The Morgan fingerprint density at radius 2 is 2.05 bits per heavy atom. The van der Waals surface area contributed by atoms with E-state index in [1.807, 2.05) is 4.90 Å². The van der Waals surface area contributed by atoms with Gasteiger partial charge in [-0.05, 0) is 12.8 Å². The molecule has 3 rings (SSSR count). The van der Waals surface area contributed by atoms with Crippen molar-refractivity contribution in [2.45, 2.75) is 44.3 Å². The molecule has 6 nitrogen and oxygen atoms in total. The fraction of sp³-hybridized carbons (Fsp3) is 0.833. The third-order valence-electron chi connectivity index (χ3n) is 3.77. The standard InChI is InChI=1S/C12H18F3N5O/c13-12(14,15)11-18-17-10-7-19(3-4-20(10)11)6-9(21)5-16-8-1-2-8/h8-9,16,21H,1-7H2. The number of nitrogens with one attached hydrogen (secondary N) is 1. The van der Waals surface area contributed by atoms with Gasteiger partial charge in [0.05, 0.1) is 12.6 Å². The summed E-state index contributed by atoms with van der Waals surface area (Å²) in [5.41, 5.74) is 0. The van der Waals surface area contributed by atoms with Gasteiger partial charge in [0.25, 0.3) is 0 Å². The molecule has 118 valence electrons. The second-order valence-corrected chi connectivity index (χ2v) is 5.66. The van der Waals surface area contributed by atoms with E-state index in [-0.39, 0.29) is 13.1 Å². The topological polar surface area (TPSA) is 66.2 Å². The molecule has 1 unspecified atom stereocenters. The van der Waals surface area contributed by atoms with Crippen LogP contribution in [0.3, 0.4) is 0 Å². The van der Waals surface area contributed by atoms with Gasteiger partial charge in [-0.25, -0.2) is 0 Å². The normalized spacial score (nSPS) is 21.3. The second kappa shape index (κ2) is 5.54. The summed E-state index contributed by atoms with van der Waals surface area (Å²) in [4.78, 5) is 1.91. The van der Waals surface area contributed by atoms with Gasteiger partial charge in [-0.15, -0.1) is 10.2 Å². The van der Waals surface area contributed by atoms with E-state index < -0.39 is 18.1 Å². The van der Waals surface area contributed by atoms with Crippen LogP contribution in [0.15, 0.2) is 0 Å². The summed E-state index contributed by atoms with van der Waals surface area (Å²) in [5.74, 6) is -0.635. The Balaban J connectivity index is 1.56. The van der Waals surface area contributed by atoms with Crippen molar-refractivity contribution in [3.05, 3.63) is 11.6 Å². The van der Waals surface area contributed by atoms with Gasteiger partial charge in [0.1, 0.15) is 5.82 Å². The van der Waals surface area contributed by atoms with Gasteiger partial charge in [0.15, 0.2) is 0 Å². The lowest BCUT2D eigenvalue weighted by Gasteiger charge is -2.29. The third kappa shape index (κ3) is 3.53. The minimum Gasteiger partial charge on any atom is -0.390 e. The van der Waals surface area contributed by atoms with Crippen molar-refractivity contribution in [2.75, 3.05) is 19.6 Å².